The van der Waals surface area contributed by atoms with Crippen LogP contribution in [0.15, 0.2) is 5.11 Å². The fourth-order valence-corrected chi connectivity index (χ4v) is 0.115. The van der Waals surface area contributed by atoms with Crippen LogP contribution in [0.1, 0.15) is 0 Å². The highest BCUT2D eigenvalue weighted by molar-refractivity contribution is 4.40. The number of azide groups is 1. The van der Waals surface area contributed by atoms with Gasteiger partial charge in [0.25, 0.3) is 0 Å². The van der Waals surface area contributed by atoms with E-state index in [1.807, 2.05) is 0 Å². The Bertz CT molecular complexity index is 61.9. The summed E-state index contributed by atoms with van der Waals surface area (Å²) in [6.45, 7) is 1.20. The topological polar surface area (TPSA) is 76.4 Å². The molecule has 3 N–H and O–H groups in total. The van der Waals surface area contributed by atoms with Crippen molar-refractivity contribution in [3.63, 3.8) is 0 Å². The monoisotopic (exact) mass is 87.1 g/mol. The summed E-state index contributed by atoms with van der Waals surface area (Å²) in [6.07, 6.45) is 0. The summed E-state index contributed by atoms with van der Waals surface area (Å²) < 4.78 is 0. The molecule has 0 radical (unpaired) electrons. The smallest absolute Gasteiger partial charge is 0.0796 e. The molecule has 0 spiro atoms. The Morgan fingerprint density at radius 1 is 1.83 bits per heavy atom. The summed E-state index contributed by atoms with van der Waals surface area (Å²) in [7, 11) is 0. The van der Waals surface area contributed by atoms with Gasteiger partial charge in [0.2, 0.25) is 0 Å². The molecule has 0 aliphatic heterocycles. The predicted octanol–water partition coefficient (Wildman–Crippen LogP) is -0.461. The van der Waals surface area contributed by atoms with Gasteiger partial charge in [-0.25, -0.2) is 0 Å². The van der Waals surface area contributed by atoms with Gasteiger partial charge in [0.15, 0.2) is 0 Å². The molecule has 0 aromatic carbocycles. The second-order valence-electron chi connectivity index (χ2n) is 0.808. The number of hydrogen-bond acceptors (Lipinski definition) is 1. The van der Waals surface area contributed by atoms with E-state index in [9.17, 15) is 0 Å². The van der Waals surface area contributed by atoms with E-state index in [1.165, 1.54) is 0 Å². The van der Waals surface area contributed by atoms with Crippen molar-refractivity contribution < 1.29 is 5.73 Å². The van der Waals surface area contributed by atoms with Crippen LogP contribution in [0.4, 0.5) is 0 Å². The molecule has 0 bridgehead atoms. The highest BCUT2D eigenvalue weighted by Crippen LogP contribution is 1.60. The molecular weight excluding hydrogens is 80.0 g/mol. The molecule has 0 aromatic heterocycles. The van der Waals surface area contributed by atoms with E-state index in [1.54, 1.807) is 0 Å². The van der Waals surface area contributed by atoms with Crippen LogP contribution in [0.25, 0.3) is 10.4 Å². The molecule has 0 unspecified atom stereocenters. The van der Waals surface area contributed by atoms with Gasteiger partial charge < -0.3 is 5.73 Å². The summed E-state index contributed by atoms with van der Waals surface area (Å²) in [4.78, 5) is 2.51. The first kappa shape index (κ1) is 5.27. The van der Waals surface area contributed by atoms with Gasteiger partial charge in [0, 0.05) is 4.91 Å². The molecule has 4 heteroatoms. The molecule has 0 saturated heterocycles. The Labute approximate surface area is 35.6 Å². The summed E-state index contributed by atoms with van der Waals surface area (Å²) >= 11 is 0. The van der Waals surface area contributed by atoms with Gasteiger partial charge >= 0.3 is 0 Å². The Morgan fingerprint density at radius 2 is 2.50 bits per heavy atom. The third kappa shape index (κ3) is 3.27. The first-order valence-electron chi connectivity index (χ1n) is 1.72. The SMILES string of the molecule is [N-]=[N+]=NCC[NH3+]. The minimum absolute atomic E-state index is 0.510. The maximum atomic E-state index is 7.63. The fourth-order valence-electron chi connectivity index (χ4n) is 0.115. The van der Waals surface area contributed by atoms with E-state index in [0.29, 0.717) is 13.1 Å². The van der Waals surface area contributed by atoms with E-state index in [0.717, 1.165) is 0 Å². The maximum absolute atomic E-state index is 7.63. The number of nitrogens with zero attached hydrogens (tertiary/aromatic N) is 3. The van der Waals surface area contributed by atoms with E-state index in [-0.39, 0.29) is 0 Å². The Morgan fingerprint density at radius 3 is 2.67 bits per heavy atom. The molecule has 4 nitrogen and oxygen atoms in total. The Hall–Kier alpha value is -0.730. The van der Waals surface area contributed by atoms with Gasteiger partial charge in [0.05, 0.1) is 13.1 Å². The second-order valence-corrected chi connectivity index (χ2v) is 0.808. The zero-order valence-electron chi connectivity index (χ0n) is 3.46. The summed E-state index contributed by atoms with van der Waals surface area (Å²) in [6, 6.07) is 0. The maximum Gasteiger partial charge on any atom is 0.0796 e. The van der Waals surface area contributed by atoms with Crippen molar-refractivity contribution in [3.8, 4) is 0 Å². The molecule has 0 aliphatic carbocycles. The lowest BCUT2D eigenvalue weighted by Crippen LogP contribution is -2.51. The van der Waals surface area contributed by atoms with Gasteiger partial charge in [0.1, 0.15) is 0 Å². The largest absolute Gasteiger partial charge is 0.357 e. The lowest BCUT2D eigenvalue weighted by atomic mass is 10.7. The van der Waals surface area contributed by atoms with Crippen LogP contribution in [0, 0.1) is 0 Å². The molecule has 34 valence electrons. The number of quaternary nitrogens is 1. The van der Waals surface area contributed by atoms with E-state index in [2.05, 4.69) is 15.8 Å². The number of rotatable bonds is 2. The van der Waals surface area contributed by atoms with Crippen molar-refractivity contribution in [1.82, 2.24) is 0 Å². The van der Waals surface area contributed by atoms with Crippen molar-refractivity contribution in [2.45, 2.75) is 0 Å². The molecule has 0 aromatic rings. The average molecular weight is 87.1 g/mol. The van der Waals surface area contributed by atoms with Gasteiger partial charge in [-0.1, -0.05) is 5.11 Å². The third-order valence-electron chi connectivity index (χ3n) is 0.321. The zero-order valence-corrected chi connectivity index (χ0v) is 3.46. The van der Waals surface area contributed by atoms with Crippen molar-refractivity contribution in [3.05, 3.63) is 10.4 Å². The fraction of sp³-hybridized carbons (Fsp3) is 1.00. The van der Waals surface area contributed by atoms with Crippen LogP contribution < -0.4 is 5.73 Å². The van der Waals surface area contributed by atoms with Gasteiger partial charge in [-0.05, 0) is 5.53 Å². The van der Waals surface area contributed by atoms with Crippen LogP contribution in [-0.2, 0) is 0 Å². The zero-order chi connectivity index (χ0) is 4.83. The normalized spacial score (nSPS) is 6.83. The highest BCUT2D eigenvalue weighted by Gasteiger charge is 1.68. The van der Waals surface area contributed by atoms with Crippen LogP contribution in [-0.4, -0.2) is 13.1 Å². The minimum Gasteiger partial charge on any atom is -0.357 e. The van der Waals surface area contributed by atoms with E-state index in [4.69, 9.17) is 5.53 Å². The molecular formula is C2H7N4+. The van der Waals surface area contributed by atoms with Gasteiger partial charge in [-0.2, -0.15) is 0 Å². The Kier molecular flexibility index (Phi) is 3.75. The Balaban J connectivity index is 2.86. The van der Waals surface area contributed by atoms with Crippen molar-refractivity contribution in [2.24, 2.45) is 5.11 Å². The average Bonchev–Trinajstić information content (AvgIpc) is 1.61. The lowest BCUT2D eigenvalue weighted by molar-refractivity contribution is -0.363. The summed E-state index contributed by atoms with van der Waals surface area (Å²) in [5.41, 5.74) is 11.1. The quantitative estimate of drug-likeness (QED) is 0.269. The molecule has 0 fully saturated rings. The number of hydrogen-bond donors (Lipinski definition) is 1. The summed E-state index contributed by atoms with van der Waals surface area (Å²) in [5, 5.41) is 3.21. The molecule has 0 rings (SSSR count). The second kappa shape index (κ2) is 4.27. The minimum atomic E-state index is 0.510. The van der Waals surface area contributed by atoms with Gasteiger partial charge in [-0.3, -0.25) is 0 Å². The third-order valence-corrected chi connectivity index (χ3v) is 0.321. The lowest BCUT2D eigenvalue weighted by Gasteiger charge is -1.70. The molecule has 0 heterocycles. The summed E-state index contributed by atoms with van der Waals surface area (Å²) in [5.74, 6) is 0. The van der Waals surface area contributed by atoms with Gasteiger partial charge in [-0.15, -0.1) is 0 Å². The van der Waals surface area contributed by atoms with Crippen molar-refractivity contribution in [1.29, 1.82) is 0 Å². The van der Waals surface area contributed by atoms with E-state index < -0.39 is 0 Å². The molecule has 0 aliphatic rings. The predicted molar refractivity (Wildman–Crippen MR) is 21.8 cm³/mol. The van der Waals surface area contributed by atoms with Crippen molar-refractivity contribution in [2.75, 3.05) is 13.1 Å². The first-order chi connectivity index (χ1) is 2.91. The molecule has 0 saturated carbocycles. The van der Waals surface area contributed by atoms with Crippen LogP contribution in [0.2, 0.25) is 0 Å². The standard InChI is InChI=1S/C2H6N4/c3-1-2-5-6-4/h1-3H2/p+1. The molecule has 0 atom stereocenters. The molecule has 0 amide bonds. The van der Waals surface area contributed by atoms with Crippen LogP contribution in [0.5, 0.6) is 0 Å². The highest BCUT2D eigenvalue weighted by atomic mass is 15.1. The molecule has 6 heavy (non-hydrogen) atoms. The first-order valence-corrected chi connectivity index (χ1v) is 1.72. The van der Waals surface area contributed by atoms with Crippen molar-refractivity contribution >= 4 is 0 Å². The van der Waals surface area contributed by atoms with Crippen LogP contribution >= 0.6 is 0 Å². The van der Waals surface area contributed by atoms with Crippen LogP contribution in [0.3, 0.4) is 0 Å². The van der Waals surface area contributed by atoms with E-state index >= 15 is 0 Å².